The maximum Gasteiger partial charge on any atom is 0.170 e. The van der Waals surface area contributed by atoms with Gasteiger partial charge in [-0.1, -0.05) is 6.07 Å². The van der Waals surface area contributed by atoms with Crippen molar-refractivity contribution >= 4 is 29.1 Å². The molecule has 3 aromatic rings. The molecule has 0 N–H and O–H groups in total. The van der Waals surface area contributed by atoms with Gasteiger partial charge in [0.05, 0.1) is 0 Å². The number of nitrogens with zero attached hydrogens (tertiary/aromatic N) is 3. The zero-order valence-electron chi connectivity index (χ0n) is 10.5. The smallest absolute Gasteiger partial charge is 0.170 e. The molecule has 0 aromatic carbocycles. The van der Waals surface area contributed by atoms with E-state index in [9.17, 15) is 4.79 Å². The van der Waals surface area contributed by atoms with E-state index in [2.05, 4.69) is 16.4 Å². The van der Waals surface area contributed by atoms with Crippen molar-refractivity contribution in [2.75, 3.05) is 11.9 Å². The second-order valence-electron chi connectivity index (χ2n) is 4.36. The number of fused-ring (bicyclic) bond motifs is 1. The molecule has 4 nitrogen and oxygen atoms in total. The van der Waals surface area contributed by atoms with Gasteiger partial charge in [-0.3, -0.25) is 9.20 Å². The van der Waals surface area contributed by atoms with Crippen LogP contribution in [0.3, 0.4) is 0 Å². The van der Waals surface area contributed by atoms with Crippen molar-refractivity contribution in [2.45, 2.75) is 6.54 Å². The third kappa shape index (κ3) is 2.13. The van der Waals surface area contributed by atoms with E-state index in [4.69, 9.17) is 0 Å². The Bertz CT molecular complexity index is 703. The summed E-state index contributed by atoms with van der Waals surface area (Å²) in [5.74, 6) is 0.715. The predicted molar refractivity (Wildman–Crippen MR) is 77.0 cm³/mol. The summed E-state index contributed by atoms with van der Waals surface area (Å²) in [4.78, 5) is 17.8. The maximum absolute atomic E-state index is 11.3. The van der Waals surface area contributed by atoms with Gasteiger partial charge in [-0.2, -0.15) is 11.3 Å². The first kappa shape index (κ1) is 11.9. The molecular formula is C14H13N3OS. The van der Waals surface area contributed by atoms with E-state index in [1.165, 1.54) is 5.56 Å². The molecule has 0 unspecified atom stereocenters. The zero-order chi connectivity index (χ0) is 13.2. The van der Waals surface area contributed by atoms with E-state index >= 15 is 0 Å². The lowest BCUT2D eigenvalue weighted by Gasteiger charge is -2.16. The maximum atomic E-state index is 11.3. The molecule has 3 rings (SSSR count). The second-order valence-corrected chi connectivity index (χ2v) is 5.14. The highest BCUT2D eigenvalue weighted by Gasteiger charge is 2.15. The molecule has 5 heteroatoms. The molecule has 0 radical (unpaired) electrons. The Labute approximate surface area is 114 Å². The van der Waals surface area contributed by atoms with Crippen LogP contribution in [0.25, 0.3) is 5.65 Å². The van der Waals surface area contributed by atoms with Crippen LogP contribution in [0, 0.1) is 0 Å². The molecule has 3 heterocycles. The topological polar surface area (TPSA) is 37.6 Å². The second kappa shape index (κ2) is 4.85. The number of hydrogen-bond donors (Lipinski definition) is 0. The fourth-order valence-electron chi connectivity index (χ4n) is 2.12. The van der Waals surface area contributed by atoms with Gasteiger partial charge in [-0.05, 0) is 34.5 Å². The molecular weight excluding hydrogens is 258 g/mol. The molecule has 3 aromatic heterocycles. The number of aldehydes is 1. The number of carbonyl (C=O) groups is 1. The van der Waals surface area contributed by atoms with Gasteiger partial charge in [0.2, 0.25) is 0 Å². The van der Waals surface area contributed by atoms with Crippen LogP contribution in [0.5, 0.6) is 0 Å². The SMILES string of the molecule is CN(Cc1ccsc1)c1nc2ccccn2c1C=O. The lowest BCUT2D eigenvalue weighted by Crippen LogP contribution is -2.18. The van der Waals surface area contributed by atoms with Crippen LogP contribution in [0.2, 0.25) is 0 Å². The third-order valence-corrected chi connectivity index (χ3v) is 3.75. The first-order valence-electron chi connectivity index (χ1n) is 5.94. The molecule has 0 spiro atoms. The highest BCUT2D eigenvalue weighted by molar-refractivity contribution is 7.07. The van der Waals surface area contributed by atoms with Crippen molar-refractivity contribution in [3.63, 3.8) is 0 Å². The number of thiophene rings is 1. The van der Waals surface area contributed by atoms with Crippen LogP contribution in [0.4, 0.5) is 5.82 Å². The summed E-state index contributed by atoms with van der Waals surface area (Å²) in [5, 5.41) is 4.15. The summed E-state index contributed by atoms with van der Waals surface area (Å²) in [6, 6.07) is 7.79. The molecule has 96 valence electrons. The van der Waals surface area contributed by atoms with Crippen LogP contribution in [0.15, 0.2) is 41.2 Å². The van der Waals surface area contributed by atoms with Crippen molar-refractivity contribution in [2.24, 2.45) is 0 Å². The van der Waals surface area contributed by atoms with Crippen LogP contribution in [-0.2, 0) is 6.54 Å². The molecule has 0 aliphatic carbocycles. The molecule has 0 amide bonds. The number of imidazole rings is 1. The Kier molecular flexibility index (Phi) is 3.05. The quantitative estimate of drug-likeness (QED) is 0.685. The Morgan fingerprint density at radius 1 is 1.42 bits per heavy atom. The van der Waals surface area contributed by atoms with Gasteiger partial charge in [0.15, 0.2) is 12.1 Å². The molecule has 0 bridgehead atoms. The van der Waals surface area contributed by atoms with Crippen LogP contribution in [-0.4, -0.2) is 22.7 Å². The predicted octanol–water partition coefficient (Wildman–Crippen LogP) is 2.84. The minimum atomic E-state index is 0.591. The number of anilines is 1. The number of carbonyl (C=O) groups excluding carboxylic acids is 1. The molecule has 0 fully saturated rings. The van der Waals surface area contributed by atoms with E-state index < -0.39 is 0 Å². The summed E-state index contributed by atoms with van der Waals surface area (Å²) in [6.07, 6.45) is 2.72. The average molecular weight is 271 g/mol. The monoisotopic (exact) mass is 271 g/mol. The van der Waals surface area contributed by atoms with Crippen molar-refractivity contribution < 1.29 is 4.79 Å². The van der Waals surface area contributed by atoms with E-state index in [1.807, 2.05) is 46.1 Å². The van der Waals surface area contributed by atoms with Gasteiger partial charge in [0.1, 0.15) is 11.3 Å². The van der Waals surface area contributed by atoms with Gasteiger partial charge in [-0.15, -0.1) is 0 Å². The Morgan fingerprint density at radius 2 is 2.32 bits per heavy atom. The number of aromatic nitrogens is 2. The minimum Gasteiger partial charge on any atom is -0.353 e. The van der Waals surface area contributed by atoms with E-state index in [1.54, 1.807) is 11.3 Å². The van der Waals surface area contributed by atoms with Gasteiger partial charge in [0, 0.05) is 19.8 Å². The molecule has 0 aliphatic heterocycles. The Hall–Kier alpha value is -2.14. The third-order valence-electron chi connectivity index (χ3n) is 3.02. The number of hydrogen-bond acceptors (Lipinski definition) is 4. The lowest BCUT2D eigenvalue weighted by molar-refractivity contribution is 0.111. The zero-order valence-corrected chi connectivity index (χ0v) is 11.3. The van der Waals surface area contributed by atoms with Crippen LogP contribution < -0.4 is 4.90 Å². The van der Waals surface area contributed by atoms with E-state index in [0.29, 0.717) is 11.5 Å². The number of pyridine rings is 1. The molecule has 0 aliphatic rings. The fourth-order valence-corrected chi connectivity index (χ4v) is 2.78. The summed E-state index contributed by atoms with van der Waals surface area (Å²) >= 11 is 1.67. The molecule has 19 heavy (non-hydrogen) atoms. The highest BCUT2D eigenvalue weighted by atomic mass is 32.1. The summed E-state index contributed by atoms with van der Waals surface area (Å²) in [6.45, 7) is 0.744. The summed E-state index contributed by atoms with van der Waals surface area (Å²) in [5.41, 5.74) is 2.60. The fraction of sp³-hybridized carbons (Fsp3) is 0.143. The van der Waals surface area contributed by atoms with Crippen LogP contribution >= 0.6 is 11.3 Å². The summed E-state index contributed by atoms with van der Waals surface area (Å²) in [7, 11) is 1.95. The van der Waals surface area contributed by atoms with E-state index in [-0.39, 0.29) is 0 Å². The highest BCUT2D eigenvalue weighted by Crippen LogP contribution is 2.21. The molecule has 0 saturated carbocycles. The minimum absolute atomic E-state index is 0.591. The number of rotatable bonds is 4. The standard InChI is InChI=1S/C14H13N3OS/c1-16(8-11-5-7-19-10-11)14-12(9-18)17-6-3-2-4-13(17)15-14/h2-7,9-10H,8H2,1H3. The van der Waals surface area contributed by atoms with Gasteiger partial charge in [0.25, 0.3) is 0 Å². The average Bonchev–Trinajstić information content (AvgIpc) is 3.04. The summed E-state index contributed by atoms with van der Waals surface area (Å²) < 4.78 is 1.81. The first-order chi connectivity index (χ1) is 9.29. The normalized spacial score (nSPS) is 10.8. The molecule has 0 saturated heterocycles. The first-order valence-corrected chi connectivity index (χ1v) is 6.88. The largest absolute Gasteiger partial charge is 0.353 e. The molecule has 0 atom stereocenters. The Balaban J connectivity index is 2.01. The van der Waals surface area contributed by atoms with Crippen molar-refractivity contribution in [3.05, 3.63) is 52.5 Å². The Morgan fingerprint density at radius 3 is 3.05 bits per heavy atom. The van der Waals surface area contributed by atoms with E-state index in [0.717, 1.165) is 18.5 Å². The lowest BCUT2D eigenvalue weighted by atomic mass is 10.3. The van der Waals surface area contributed by atoms with Crippen molar-refractivity contribution in [1.82, 2.24) is 9.38 Å². The van der Waals surface area contributed by atoms with Crippen molar-refractivity contribution in [3.8, 4) is 0 Å². The van der Waals surface area contributed by atoms with Gasteiger partial charge < -0.3 is 4.90 Å². The van der Waals surface area contributed by atoms with Crippen LogP contribution in [0.1, 0.15) is 16.1 Å². The van der Waals surface area contributed by atoms with Crippen molar-refractivity contribution in [1.29, 1.82) is 0 Å². The van der Waals surface area contributed by atoms with Gasteiger partial charge in [-0.25, -0.2) is 4.98 Å². The van der Waals surface area contributed by atoms with Gasteiger partial charge >= 0.3 is 0 Å².